The van der Waals surface area contributed by atoms with Gasteiger partial charge in [0.15, 0.2) is 0 Å². The van der Waals surface area contributed by atoms with Crippen molar-refractivity contribution >= 4 is 12.0 Å². The highest BCUT2D eigenvalue weighted by Gasteiger charge is 2.41. The summed E-state index contributed by atoms with van der Waals surface area (Å²) in [4.78, 5) is 27.3. The summed E-state index contributed by atoms with van der Waals surface area (Å²) in [6.45, 7) is 2.32. The SMILES string of the molecule is Cc1ccc(C[C@@H](COCc2ccccc2)C(=O)N2C(=O)OC[C@H]2Cc2ccccc2)c(F)c1. The molecule has 176 valence electrons. The first-order valence-electron chi connectivity index (χ1n) is 11.4. The molecule has 0 radical (unpaired) electrons. The largest absolute Gasteiger partial charge is 0.447 e. The number of imide groups is 1. The van der Waals surface area contributed by atoms with E-state index in [-0.39, 0.29) is 25.5 Å². The lowest BCUT2D eigenvalue weighted by atomic mass is 9.96. The highest BCUT2D eigenvalue weighted by atomic mass is 19.1. The fourth-order valence-electron chi connectivity index (χ4n) is 4.16. The number of aryl methyl sites for hydroxylation is 1. The van der Waals surface area contributed by atoms with Gasteiger partial charge in [0.2, 0.25) is 5.91 Å². The number of ether oxygens (including phenoxy) is 2. The van der Waals surface area contributed by atoms with Crippen LogP contribution in [0, 0.1) is 18.7 Å². The number of nitrogens with zero attached hydrogens (tertiary/aromatic N) is 1. The number of carbonyl (C=O) groups excluding carboxylic acids is 2. The maximum absolute atomic E-state index is 14.6. The molecule has 0 spiro atoms. The van der Waals surface area contributed by atoms with Crippen LogP contribution in [0.5, 0.6) is 0 Å². The van der Waals surface area contributed by atoms with Crippen LogP contribution in [0.15, 0.2) is 78.9 Å². The molecule has 0 bridgehead atoms. The van der Waals surface area contributed by atoms with Gasteiger partial charge in [-0.1, -0.05) is 72.8 Å². The Morgan fingerprint density at radius 2 is 1.74 bits per heavy atom. The van der Waals surface area contributed by atoms with Crippen LogP contribution >= 0.6 is 0 Å². The van der Waals surface area contributed by atoms with E-state index < -0.39 is 24.0 Å². The van der Waals surface area contributed by atoms with Crippen molar-refractivity contribution in [3.8, 4) is 0 Å². The van der Waals surface area contributed by atoms with Gasteiger partial charge in [-0.3, -0.25) is 4.79 Å². The van der Waals surface area contributed by atoms with E-state index in [2.05, 4.69) is 0 Å². The van der Waals surface area contributed by atoms with Crippen LogP contribution in [0.25, 0.3) is 0 Å². The van der Waals surface area contributed by atoms with E-state index in [1.165, 1.54) is 11.0 Å². The molecule has 1 aliphatic rings. The topological polar surface area (TPSA) is 55.8 Å². The zero-order valence-corrected chi connectivity index (χ0v) is 19.2. The van der Waals surface area contributed by atoms with Crippen LogP contribution in [0.1, 0.15) is 22.3 Å². The Morgan fingerprint density at radius 3 is 2.41 bits per heavy atom. The van der Waals surface area contributed by atoms with Gasteiger partial charge in [-0.25, -0.2) is 14.1 Å². The second-order valence-corrected chi connectivity index (χ2v) is 8.63. The second-order valence-electron chi connectivity index (χ2n) is 8.63. The van der Waals surface area contributed by atoms with Crippen LogP contribution in [0.2, 0.25) is 0 Å². The highest BCUT2D eigenvalue weighted by Crippen LogP contribution is 2.23. The summed E-state index contributed by atoms with van der Waals surface area (Å²) < 4.78 is 25.7. The quantitative estimate of drug-likeness (QED) is 0.445. The van der Waals surface area contributed by atoms with Gasteiger partial charge in [-0.05, 0) is 48.1 Å². The van der Waals surface area contributed by atoms with E-state index in [1.807, 2.05) is 73.7 Å². The fourth-order valence-corrected chi connectivity index (χ4v) is 4.16. The summed E-state index contributed by atoms with van der Waals surface area (Å²) in [5.41, 5.74) is 3.19. The van der Waals surface area contributed by atoms with E-state index in [1.54, 1.807) is 6.07 Å². The average Bonchev–Trinajstić information content (AvgIpc) is 3.20. The minimum atomic E-state index is -0.732. The molecule has 6 heteroatoms. The zero-order valence-electron chi connectivity index (χ0n) is 19.2. The van der Waals surface area contributed by atoms with Crippen molar-refractivity contribution < 1.29 is 23.5 Å². The third kappa shape index (κ3) is 5.88. The van der Waals surface area contributed by atoms with Crippen molar-refractivity contribution in [2.75, 3.05) is 13.2 Å². The lowest BCUT2D eigenvalue weighted by Gasteiger charge is -2.25. The Balaban J connectivity index is 1.52. The third-order valence-electron chi connectivity index (χ3n) is 5.97. The number of halogens is 1. The first-order valence-corrected chi connectivity index (χ1v) is 11.4. The van der Waals surface area contributed by atoms with Crippen molar-refractivity contribution in [3.63, 3.8) is 0 Å². The number of benzene rings is 3. The summed E-state index contributed by atoms with van der Waals surface area (Å²) in [5, 5.41) is 0. The molecule has 0 aliphatic carbocycles. The summed E-state index contributed by atoms with van der Waals surface area (Å²) in [6, 6.07) is 23.8. The summed E-state index contributed by atoms with van der Waals surface area (Å²) in [6.07, 6.45) is -0.0421. The Hall–Kier alpha value is -3.51. The highest BCUT2D eigenvalue weighted by molar-refractivity contribution is 5.95. The van der Waals surface area contributed by atoms with E-state index in [0.717, 1.165) is 16.7 Å². The van der Waals surface area contributed by atoms with E-state index in [9.17, 15) is 14.0 Å². The molecular formula is C28H28FNO4. The van der Waals surface area contributed by atoms with E-state index in [4.69, 9.17) is 9.47 Å². The molecule has 34 heavy (non-hydrogen) atoms. The molecule has 1 saturated heterocycles. The molecule has 3 aromatic rings. The first kappa shape index (κ1) is 23.6. The van der Waals surface area contributed by atoms with Crippen molar-refractivity contribution in [2.24, 2.45) is 5.92 Å². The number of hydrogen-bond acceptors (Lipinski definition) is 4. The van der Waals surface area contributed by atoms with Gasteiger partial charge < -0.3 is 9.47 Å². The van der Waals surface area contributed by atoms with Crippen molar-refractivity contribution in [1.29, 1.82) is 0 Å². The number of rotatable bonds is 9. The molecule has 1 aliphatic heterocycles. The molecule has 0 saturated carbocycles. The maximum atomic E-state index is 14.6. The van der Waals surface area contributed by atoms with E-state index >= 15 is 0 Å². The van der Waals surface area contributed by atoms with Gasteiger partial charge in [0.25, 0.3) is 0 Å². The zero-order chi connectivity index (χ0) is 23.9. The monoisotopic (exact) mass is 461 g/mol. The van der Waals surface area contributed by atoms with Gasteiger partial charge in [-0.15, -0.1) is 0 Å². The standard InChI is InChI=1S/C28H28FNO4/c1-20-12-13-23(26(29)14-20)16-24(18-33-17-22-10-6-3-7-11-22)27(31)30-25(19-34-28(30)32)15-21-8-4-2-5-9-21/h2-14,24-25H,15-19H2,1H3/t24-,25+/m0/s1. The molecule has 0 aromatic heterocycles. The van der Waals surface area contributed by atoms with Crippen molar-refractivity contribution in [2.45, 2.75) is 32.4 Å². The minimum Gasteiger partial charge on any atom is -0.447 e. The molecule has 5 nitrogen and oxygen atoms in total. The van der Waals surface area contributed by atoms with Crippen LogP contribution < -0.4 is 0 Å². The Kier molecular flexibility index (Phi) is 7.70. The van der Waals surface area contributed by atoms with Crippen molar-refractivity contribution in [3.05, 3.63) is 107 Å². The average molecular weight is 462 g/mol. The van der Waals surface area contributed by atoms with Gasteiger partial charge in [0.05, 0.1) is 25.2 Å². The molecule has 4 rings (SSSR count). The van der Waals surface area contributed by atoms with Crippen LogP contribution in [0.4, 0.5) is 9.18 Å². The Morgan fingerprint density at radius 1 is 1.06 bits per heavy atom. The second kappa shape index (κ2) is 11.1. The minimum absolute atomic E-state index is 0.0584. The molecule has 0 unspecified atom stereocenters. The molecule has 1 heterocycles. The predicted molar refractivity (Wildman–Crippen MR) is 127 cm³/mol. The summed E-state index contributed by atoms with van der Waals surface area (Å²) >= 11 is 0. The lowest BCUT2D eigenvalue weighted by Crippen LogP contribution is -2.45. The summed E-state index contributed by atoms with van der Waals surface area (Å²) in [5.74, 6) is -1.51. The lowest BCUT2D eigenvalue weighted by molar-refractivity contribution is -0.135. The normalized spacial score (nSPS) is 16.4. The van der Waals surface area contributed by atoms with Crippen molar-refractivity contribution in [1.82, 2.24) is 4.90 Å². The van der Waals surface area contributed by atoms with E-state index in [0.29, 0.717) is 18.6 Å². The molecular weight excluding hydrogens is 433 g/mol. The van der Waals surface area contributed by atoms with Crippen LogP contribution in [-0.4, -0.2) is 36.2 Å². The number of hydrogen-bond donors (Lipinski definition) is 0. The number of cyclic esters (lactones) is 1. The van der Waals surface area contributed by atoms with Gasteiger partial charge in [0, 0.05) is 0 Å². The Labute approximate surface area is 199 Å². The maximum Gasteiger partial charge on any atom is 0.416 e. The van der Waals surface area contributed by atoms with Gasteiger partial charge >= 0.3 is 6.09 Å². The fraction of sp³-hybridized carbons (Fsp3) is 0.286. The van der Waals surface area contributed by atoms with Gasteiger partial charge in [-0.2, -0.15) is 0 Å². The molecule has 2 amide bonds. The van der Waals surface area contributed by atoms with Crippen LogP contribution in [0.3, 0.4) is 0 Å². The smallest absolute Gasteiger partial charge is 0.416 e. The van der Waals surface area contributed by atoms with Crippen LogP contribution in [-0.2, 0) is 33.7 Å². The summed E-state index contributed by atoms with van der Waals surface area (Å²) in [7, 11) is 0. The molecule has 0 N–H and O–H groups in total. The molecule has 3 aromatic carbocycles. The molecule has 2 atom stereocenters. The predicted octanol–water partition coefficient (Wildman–Crippen LogP) is 5.10. The number of carbonyl (C=O) groups is 2. The first-order chi connectivity index (χ1) is 16.5. The van der Waals surface area contributed by atoms with Gasteiger partial charge in [0.1, 0.15) is 12.4 Å². The third-order valence-corrected chi connectivity index (χ3v) is 5.97. The number of amides is 2. The molecule has 1 fully saturated rings. The Bertz CT molecular complexity index is 1120.